The molecule has 0 spiro atoms. The zero-order chi connectivity index (χ0) is 33.8. The van der Waals surface area contributed by atoms with Gasteiger partial charge in [-0.25, -0.2) is 9.59 Å². The number of nitrogens with one attached hydrogen (secondary N) is 2. The van der Waals surface area contributed by atoms with Gasteiger partial charge < -0.3 is 30.0 Å². The topological polar surface area (TPSA) is 140 Å². The minimum Gasteiger partial charge on any atom is -0.392 e. The standard InChI is InChI=1S/C37H34N2O8S/c1-21-32(20-48-29-14-12-28(13-15-29)39-22(2)41)45-37(46-33(21)25-7-5-24(19-40)6-8-25)26-9-3-23(4-10-26)18-38-34(42)27-11-16-30-31(17-27)36(44)47-35(30)43/h3-17,21,32-33,37,40H,18-20H2,1-2H3,(H,38,42)(H,39,41). The molecule has 1 fully saturated rings. The number of thioether (sulfide) groups is 1. The molecule has 2 amide bonds. The van der Waals surface area contributed by atoms with E-state index >= 15 is 0 Å². The summed E-state index contributed by atoms with van der Waals surface area (Å²) in [6.07, 6.45) is -1.07. The van der Waals surface area contributed by atoms with Crippen LogP contribution in [0.1, 0.15) is 79.6 Å². The van der Waals surface area contributed by atoms with E-state index in [0.717, 1.165) is 32.8 Å². The normalized spacial score (nSPS) is 20.1. The molecule has 2 aliphatic heterocycles. The number of ether oxygens (including phenoxy) is 3. The van der Waals surface area contributed by atoms with Crippen LogP contribution < -0.4 is 10.6 Å². The average Bonchev–Trinajstić information content (AvgIpc) is 3.39. The van der Waals surface area contributed by atoms with Crippen LogP contribution >= 0.6 is 11.8 Å². The van der Waals surface area contributed by atoms with E-state index in [1.165, 1.54) is 25.1 Å². The maximum atomic E-state index is 12.8. The molecule has 4 atom stereocenters. The number of fused-ring (bicyclic) bond motifs is 1. The van der Waals surface area contributed by atoms with Gasteiger partial charge in [0.25, 0.3) is 5.91 Å². The molecule has 0 aromatic heterocycles. The van der Waals surface area contributed by atoms with Gasteiger partial charge >= 0.3 is 11.9 Å². The van der Waals surface area contributed by atoms with Crippen LogP contribution in [-0.2, 0) is 32.2 Å². The van der Waals surface area contributed by atoms with Gasteiger partial charge in [-0.1, -0.05) is 55.5 Å². The zero-order valence-electron chi connectivity index (χ0n) is 26.3. The van der Waals surface area contributed by atoms with E-state index in [1.54, 1.807) is 11.8 Å². The van der Waals surface area contributed by atoms with Crippen LogP contribution in [0.3, 0.4) is 0 Å². The lowest BCUT2D eigenvalue weighted by atomic mass is 9.91. The van der Waals surface area contributed by atoms with Crippen LogP contribution in [0.15, 0.2) is 95.9 Å². The van der Waals surface area contributed by atoms with Crippen molar-refractivity contribution in [3.05, 3.63) is 130 Å². The monoisotopic (exact) mass is 666 g/mol. The molecule has 4 aromatic carbocycles. The Bertz CT molecular complexity index is 1830. The first-order chi connectivity index (χ1) is 23.2. The number of amides is 2. The number of carbonyl (C=O) groups is 4. The van der Waals surface area contributed by atoms with Crippen LogP contribution in [0.5, 0.6) is 0 Å². The third-order valence-electron chi connectivity index (χ3n) is 8.32. The maximum absolute atomic E-state index is 12.8. The largest absolute Gasteiger partial charge is 0.392 e. The van der Waals surface area contributed by atoms with Crippen molar-refractivity contribution < 1.29 is 38.5 Å². The molecular formula is C37H34N2O8S. The zero-order valence-corrected chi connectivity index (χ0v) is 27.1. The molecule has 2 heterocycles. The van der Waals surface area contributed by atoms with Gasteiger partial charge in [-0.2, -0.15) is 0 Å². The number of rotatable bonds is 10. The summed E-state index contributed by atoms with van der Waals surface area (Å²) in [6, 6.07) is 27.3. The van der Waals surface area contributed by atoms with Gasteiger partial charge in [0, 0.05) is 46.8 Å². The number of esters is 2. The van der Waals surface area contributed by atoms with Gasteiger partial charge in [-0.3, -0.25) is 9.59 Å². The Morgan fingerprint density at radius 1 is 0.812 bits per heavy atom. The third-order valence-corrected chi connectivity index (χ3v) is 9.42. The molecule has 4 unspecified atom stereocenters. The number of carbonyl (C=O) groups excluding carboxylic acids is 4. The van der Waals surface area contributed by atoms with Crippen molar-refractivity contribution in [2.45, 2.75) is 50.4 Å². The number of hydrogen-bond donors (Lipinski definition) is 3. The number of hydrogen-bond acceptors (Lipinski definition) is 9. The summed E-state index contributed by atoms with van der Waals surface area (Å²) in [5.74, 6) is -1.30. The Labute approximate surface area is 281 Å². The highest BCUT2D eigenvalue weighted by Gasteiger charge is 2.38. The number of benzene rings is 4. The Kier molecular flexibility index (Phi) is 10.0. The van der Waals surface area contributed by atoms with Crippen molar-refractivity contribution in [1.29, 1.82) is 0 Å². The van der Waals surface area contributed by atoms with Crippen LogP contribution in [0.4, 0.5) is 5.69 Å². The quantitative estimate of drug-likeness (QED) is 0.106. The van der Waals surface area contributed by atoms with E-state index in [9.17, 15) is 24.3 Å². The van der Waals surface area contributed by atoms with E-state index in [1.807, 2.05) is 72.8 Å². The second-order valence-corrected chi connectivity index (χ2v) is 12.8. The van der Waals surface area contributed by atoms with Crippen molar-refractivity contribution in [3.8, 4) is 0 Å². The van der Waals surface area contributed by atoms with Crippen LogP contribution in [0, 0.1) is 5.92 Å². The smallest absolute Gasteiger partial charge is 0.346 e. The van der Waals surface area contributed by atoms with Gasteiger partial charge in [0.1, 0.15) is 0 Å². The maximum Gasteiger partial charge on any atom is 0.346 e. The lowest BCUT2D eigenvalue weighted by molar-refractivity contribution is -0.268. The molecule has 1 saturated heterocycles. The van der Waals surface area contributed by atoms with Crippen LogP contribution in [0.25, 0.3) is 0 Å². The lowest BCUT2D eigenvalue weighted by Crippen LogP contribution is -2.38. The van der Waals surface area contributed by atoms with E-state index < -0.39 is 18.2 Å². The Morgan fingerprint density at radius 2 is 1.48 bits per heavy atom. The molecule has 0 aliphatic carbocycles. The van der Waals surface area contributed by atoms with Gasteiger partial charge in [-0.15, -0.1) is 11.8 Å². The molecule has 2 aliphatic rings. The molecule has 0 saturated carbocycles. The first kappa shape index (κ1) is 33.1. The summed E-state index contributed by atoms with van der Waals surface area (Å²) in [5.41, 5.74) is 4.70. The van der Waals surface area contributed by atoms with Crippen LogP contribution in [0.2, 0.25) is 0 Å². The molecule has 246 valence electrons. The molecule has 0 radical (unpaired) electrons. The second kappa shape index (κ2) is 14.5. The van der Waals surface area contributed by atoms with E-state index in [4.69, 9.17) is 9.47 Å². The summed E-state index contributed by atoms with van der Waals surface area (Å²) in [7, 11) is 0. The van der Waals surface area contributed by atoms with Crippen molar-refractivity contribution in [2.24, 2.45) is 5.92 Å². The predicted molar refractivity (Wildman–Crippen MR) is 178 cm³/mol. The molecule has 10 nitrogen and oxygen atoms in total. The Balaban J connectivity index is 1.14. The summed E-state index contributed by atoms with van der Waals surface area (Å²) in [4.78, 5) is 48.8. The van der Waals surface area contributed by atoms with Crippen molar-refractivity contribution in [2.75, 3.05) is 11.1 Å². The van der Waals surface area contributed by atoms with Crippen molar-refractivity contribution in [3.63, 3.8) is 0 Å². The number of anilines is 1. The second-order valence-electron chi connectivity index (χ2n) is 11.7. The number of aliphatic hydroxyl groups excluding tert-OH is 1. The minimum atomic E-state index is -0.760. The summed E-state index contributed by atoms with van der Waals surface area (Å²) < 4.78 is 17.7. The lowest BCUT2D eigenvalue weighted by Gasteiger charge is -2.41. The fourth-order valence-corrected chi connectivity index (χ4v) is 6.70. The molecule has 11 heteroatoms. The summed E-state index contributed by atoms with van der Waals surface area (Å²) in [5, 5.41) is 15.2. The van der Waals surface area contributed by atoms with E-state index in [2.05, 4.69) is 22.3 Å². The molecule has 6 rings (SSSR count). The SMILES string of the molecule is CC(=O)Nc1ccc(SCC2OC(c3ccc(CNC(=O)c4ccc5c(c4)C(=O)OC5=O)cc3)OC(c3ccc(CO)cc3)C2C)cc1. The highest BCUT2D eigenvalue weighted by Crippen LogP contribution is 2.43. The number of aliphatic hydroxyl groups is 1. The van der Waals surface area contributed by atoms with Crippen LogP contribution in [-0.4, -0.2) is 40.7 Å². The van der Waals surface area contributed by atoms with E-state index in [0.29, 0.717) is 5.75 Å². The van der Waals surface area contributed by atoms with E-state index in [-0.39, 0.29) is 59.8 Å². The fourth-order valence-electron chi connectivity index (χ4n) is 5.63. The third kappa shape index (κ3) is 7.50. The molecule has 48 heavy (non-hydrogen) atoms. The van der Waals surface area contributed by atoms with Crippen molar-refractivity contribution in [1.82, 2.24) is 5.32 Å². The highest BCUT2D eigenvalue weighted by atomic mass is 32.2. The van der Waals surface area contributed by atoms with Gasteiger partial charge in [-0.05, 0) is 59.2 Å². The first-order valence-corrected chi connectivity index (χ1v) is 16.5. The van der Waals surface area contributed by atoms with Gasteiger partial charge in [0.15, 0.2) is 6.29 Å². The van der Waals surface area contributed by atoms with Gasteiger partial charge in [0.05, 0.1) is 29.9 Å². The first-order valence-electron chi connectivity index (χ1n) is 15.5. The fraction of sp³-hybridized carbons (Fsp3) is 0.243. The molecule has 3 N–H and O–H groups in total. The molecule has 4 aromatic rings. The predicted octanol–water partition coefficient (Wildman–Crippen LogP) is 5.96. The number of cyclic esters (lactones) is 2. The summed E-state index contributed by atoms with van der Waals surface area (Å²) >= 11 is 1.67. The summed E-state index contributed by atoms with van der Waals surface area (Å²) in [6.45, 7) is 3.79. The Hall–Kier alpha value is -4.81. The van der Waals surface area contributed by atoms with Gasteiger partial charge in [0.2, 0.25) is 5.91 Å². The average molecular weight is 667 g/mol. The van der Waals surface area contributed by atoms with Crippen molar-refractivity contribution >= 4 is 41.2 Å². The Morgan fingerprint density at radius 3 is 2.17 bits per heavy atom. The minimum absolute atomic E-state index is 0.0149. The molecular weight excluding hydrogens is 632 g/mol. The molecule has 0 bridgehead atoms. The highest BCUT2D eigenvalue weighted by molar-refractivity contribution is 7.99.